The van der Waals surface area contributed by atoms with Gasteiger partial charge < -0.3 is 11.1 Å². The fourth-order valence-corrected chi connectivity index (χ4v) is 1.28. The molecule has 1 rings (SSSR count). The van der Waals surface area contributed by atoms with Gasteiger partial charge in [-0.15, -0.1) is 11.3 Å². The SMILES string of the molecule is CCCCNc1csc(N)n1. The van der Waals surface area contributed by atoms with Crippen molar-refractivity contribution < 1.29 is 0 Å². The third-order valence-electron chi connectivity index (χ3n) is 1.36. The molecule has 1 heterocycles. The van der Waals surface area contributed by atoms with E-state index in [9.17, 15) is 0 Å². The van der Waals surface area contributed by atoms with Crippen LogP contribution < -0.4 is 11.1 Å². The number of hydrogen-bond acceptors (Lipinski definition) is 4. The van der Waals surface area contributed by atoms with Crippen LogP contribution in [0.1, 0.15) is 19.8 Å². The monoisotopic (exact) mass is 171 g/mol. The number of thiazole rings is 1. The molecule has 0 aliphatic heterocycles. The number of nitrogens with two attached hydrogens (primary N) is 1. The molecule has 0 amide bonds. The average Bonchev–Trinajstić information content (AvgIpc) is 2.37. The lowest BCUT2D eigenvalue weighted by Crippen LogP contribution is -2.00. The maximum absolute atomic E-state index is 5.45. The van der Waals surface area contributed by atoms with Crippen LogP contribution in [-0.4, -0.2) is 11.5 Å². The topological polar surface area (TPSA) is 50.9 Å². The summed E-state index contributed by atoms with van der Waals surface area (Å²) in [7, 11) is 0. The highest BCUT2D eigenvalue weighted by Crippen LogP contribution is 2.14. The minimum atomic E-state index is 0.629. The summed E-state index contributed by atoms with van der Waals surface area (Å²) in [6, 6.07) is 0. The maximum Gasteiger partial charge on any atom is 0.182 e. The lowest BCUT2D eigenvalue weighted by atomic mass is 10.3. The van der Waals surface area contributed by atoms with Gasteiger partial charge in [-0.2, -0.15) is 0 Å². The molecule has 0 unspecified atom stereocenters. The molecule has 0 atom stereocenters. The summed E-state index contributed by atoms with van der Waals surface area (Å²) < 4.78 is 0. The molecule has 3 N–H and O–H groups in total. The van der Waals surface area contributed by atoms with Gasteiger partial charge in [0, 0.05) is 11.9 Å². The van der Waals surface area contributed by atoms with Crippen molar-refractivity contribution in [2.75, 3.05) is 17.6 Å². The zero-order valence-electron chi connectivity index (χ0n) is 6.63. The van der Waals surface area contributed by atoms with Crippen LogP contribution >= 0.6 is 11.3 Å². The van der Waals surface area contributed by atoms with Gasteiger partial charge in [-0.1, -0.05) is 13.3 Å². The zero-order chi connectivity index (χ0) is 8.10. The van der Waals surface area contributed by atoms with Gasteiger partial charge in [-0.05, 0) is 6.42 Å². The minimum absolute atomic E-state index is 0.629. The van der Waals surface area contributed by atoms with Gasteiger partial charge in [0.25, 0.3) is 0 Å². The molecule has 3 nitrogen and oxygen atoms in total. The molecule has 0 radical (unpaired) electrons. The van der Waals surface area contributed by atoms with E-state index in [4.69, 9.17) is 5.73 Å². The Morgan fingerprint density at radius 2 is 2.55 bits per heavy atom. The van der Waals surface area contributed by atoms with E-state index < -0.39 is 0 Å². The van der Waals surface area contributed by atoms with Crippen molar-refractivity contribution in [3.8, 4) is 0 Å². The van der Waals surface area contributed by atoms with Gasteiger partial charge in [0.2, 0.25) is 0 Å². The Kier molecular flexibility index (Phi) is 3.16. The van der Waals surface area contributed by atoms with E-state index in [0.717, 1.165) is 12.4 Å². The summed E-state index contributed by atoms with van der Waals surface area (Å²) >= 11 is 1.47. The summed E-state index contributed by atoms with van der Waals surface area (Å²) in [6.45, 7) is 3.15. The molecule has 0 fully saturated rings. The van der Waals surface area contributed by atoms with E-state index >= 15 is 0 Å². The highest BCUT2D eigenvalue weighted by Gasteiger charge is 1.94. The van der Waals surface area contributed by atoms with Crippen LogP contribution in [0.5, 0.6) is 0 Å². The highest BCUT2D eigenvalue weighted by molar-refractivity contribution is 7.13. The van der Waals surface area contributed by atoms with E-state index in [-0.39, 0.29) is 0 Å². The number of rotatable bonds is 4. The number of hydrogen-bond donors (Lipinski definition) is 2. The third kappa shape index (κ3) is 2.76. The van der Waals surface area contributed by atoms with E-state index in [1.807, 2.05) is 5.38 Å². The predicted molar refractivity (Wildman–Crippen MR) is 49.9 cm³/mol. The number of nitrogens with one attached hydrogen (secondary N) is 1. The molecule has 1 aromatic rings. The second kappa shape index (κ2) is 4.18. The van der Waals surface area contributed by atoms with Crippen molar-refractivity contribution in [3.63, 3.8) is 0 Å². The molecule has 0 spiro atoms. The van der Waals surface area contributed by atoms with Crippen molar-refractivity contribution in [3.05, 3.63) is 5.38 Å². The van der Waals surface area contributed by atoms with Gasteiger partial charge in [-0.3, -0.25) is 0 Å². The first-order valence-corrected chi connectivity index (χ1v) is 4.65. The predicted octanol–water partition coefficient (Wildman–Crippen LogP) is 1.94. The summed E-state index contributed by atoms with van der Waals surface area (Å²) in [5.41, 5.74) is 5.45. The standard InChI is InChI=1S/C7H13N3S/c1-2-3-4-9-6-5-11-7(8)10-6/h5,9H,2-4H2,1H3,(H2,8,10). The fourth-order valence-electron chi connectivity index (χ4n) is 0.762. The second-order valence-corrected chi connectivity index (χ2v) is 3.24. The van der Waals surface area contributed by atoms with Gasteiger partial charge in [0.1, 0.15) is 5.82 Å². The fraction of sp³-hybridized carbons (Fsp3) is 0.571. The molecule has 62 valence electrons. The minimum Gasteiger partial charge on any atom is -0.375 e. The van der Waals surface area contributed by atoms with Gasteiger partial charge in [0.05, 0.1) is 0 Å². The Bertz CT molecular complexity index is 209. The Labute approximate surface area is 70.6 Å². The molecular formula is C7H13N3S. The van der Waals surface area contributed by atoms with Crippen LogP contribution in [-0.2, 0) is 0 Å². The number of aromatic nitrogens is 1. The molecule has 4 heteroatoms. The molecule has 0 saturated carbocycles. The van der Waals surface area contributed by atoms with E-state index in [2.05, 4.69) is 17.2 Å². The summed E-state index contributed by atoms with van der Waals surface area (Å²) in [5, 5.41) is 5.75. The lowest BCUT2D eigenvalue weighted by Gasteiger charge is -1.98. The smallest absolute Gasteiger partial charge is 0.182 e. The van der Waals surface area contributed by atoms with Crippen LogP contribution in [0.15, 0.2) is 5.38 Å². The largest absolute Gasteiger partial charge is 0.375 e. The van der Waals surface area contributed by atoms with E-state index in [1.54, 1.807) is 0 Å². The summed E-state index contributed by atoms with van der Waals surface area (Å²) in [6.07, 6.45) is 2.38. The van der Waals surface area contributed by atoms with Crippen molar-refractivity contribution in [2.24, 2.45) is 0 Å². The van der Waals surface area contributed by atoms with Gasteiger partial charge in [-0.25, -0.2) is 4.98 Å². The number of unbranched alkanes of at least 4 members (excludes halogenated alkanes) is 1. The summed E-state index contributed by atoms with van der Waals surface area (Å²) in [5.74, 6) is 0.904. The van der Waals surface area contributed by atoms with Crippen molar-refractivity contribution in [1.82, 2.24) is 4.98 Å². The number of nitrogen functional groups attached to an aromatic ring is 1. The molecule has 0 aliphatic carbocycles. The maximum atomic E-state index is 5.45. The first-order chi connectivity index (χ1) is 5.33. The molecule has 0 aromatic carbocycles. The Balaban J connectivity index is 2.27. The van der Waals surface area contributed by atoms with Gasteiger partial charge >= 0.3 is 0 Å². The first-order valence-electron chi connectivity index (χ1n) is 3.78. The third-order valence-corrected chi connectivity index (χ3v) is 2.03. The lowest BCUT2D eigenvalue weighted by molar-refractivity contribution is 0.832. The highest BCUT2D eigenvalue weighted by atomic mass is 32.1. The Hall–Kier alpha value is -0.770. The van der Waals surface area contributed by atoms with Crippen LogP contribution in [0.3, 0.4) is 0 Å². The summed E-state index contributed by atoms with van der Waals surface area (Å²) in [4.78, 5) is 4.07. The van der Waals surface area contributed by atoms with Crippen molar-refractivity contribution in [1.29, 1.82) is 0 Å². The molecule has 0 bridgehead atoms. The second-order valence-electron chi connectivity index (χ2n) is 2.35. The molecule has 1 aromatic heterocycles. The van der Waals surface area contributed by atoms with Crippen LogP contribution in [0.4, 0.5) is 10.9 Å². The normalized spacial score (nSPS) is 9.91. The number of nitrogens with zero attached hydrogens (tertiary/aromatic N) is 1. The molecular weight excluding hydrogens is 158 g/mol. The van der Waals surface area contributed by atoms with Crippen molar-refractivity contribution in [2.45, 2.75) is 19.8 Å². The van der Waals surface area contributed by atoms with Crippen LogP contribution in [0.2, 0.25) is 0 Å². The zero-order valence-corrected chi connectivity index (χ0v) is 7.45. The van der Waals surface area contributed by atoms with Crippen LogP contribution in [0.25, 0.3) is 0 Å². The average molecular weight is 171 g/mol. The first kappa shape index (κ1) is 8.33. The van der Waals surface area contributed by atoms with E-state index in [0.29, 0.717) is 5.13 Å². The van der Waals surface area contributed by atoms with Gasteiger partial charge in [0.15, 0.2) is 5.13 Å². The van der Waals surface area contributed by atoms with Crippen LogP contribution in [0, 0.1) is 0 Å². The Morgan fingerprint density at radius 3 is 3.09 bits per heavy atom. The quantitative estimate of drug-likeness (QED) is 0.681. The molecule has 0 aliphatic rings. The number of anilines is 2. The molecule has 0 saturated heterocycles. The molecule has 11 heavy (non-hydrogen) atoms. The van der Waals surface area contributed by atoms with Crippen molar-refractivity contribution >= 4 is 22.3 Å². The Morgan fingerprint density at radius 1 is 1.73 bits per heavy atom. The van der Waals surface area contributed by atoms with E-state index in [1.165, 1.54) is 24.2 Å².